The van der Waals surface area contributed by atoms with E-state index in [-0.39, 0.29) is 0 Å². The van der Waals surface area contributed by atoms with Crippen molar-refractivity contribution < 1.29 is 9.47 Å². The molecule has 1 aromatic heterocycles. The molecule has 0 bridgehead atoms. The van der Waals surface area contributed by atoms with Crippen molar-refractivity contribution in [2.24, 2.45) is 5.10 Å². The second-order valence-corrected chi connectivity index (χ2v) is 8.05. The van der Waals surface area contributed by atoms with Crippen LogP contribution in [0.2, 0.25) is 0 Å². The summed E-state index contributed by atoms with van der Waals surface area (Å²) in [5, 5.41) is 6.98. The van der Waals surface area contributed by atoms with Crippen LogP contribution in [-0.2, 0) is 17.9 Å². The molecule has 0 amide bonds. The monoisotopic (exact) mass is 441 g/mol. The number of benzene rings is 2. The molecule has 0 unspecified atom stereocenters. The summed E-state index contributed by atoms with van der Waals surface area (Å²) in [5.41, 5.74) is 6.59. The Balaban J connectivity index is 1.41. The number of para-hydroxylation sites is 2. The largest absolute Gasteiger partial charge is 0.495 e. The van der Waals surface area contributed by atoms with Gasteiger partial charge in [-0.25, -0.2) is 0 Å². The fourth-order valence-corrected chi connectivity index (χ4v) is 4.29. The summed E-state index contributed by atoms with van der Waals surface area (Å²) < 4.78 is 11.8. The smallest absolute Gasteiger partial charge is 0.144 e. The Hall–Kier alpha value is -3.71. The topological polar surface area (TPSA) is 63.1 Å². The van der Waals surface area contributed by atoms with Crippen molar-refractivity contribution in [3.8, 4) is 5.75 Å². The third-order valence-corrected chi connectivity index (χ3v) is 5.93. The highest BCUT2D eigenvalue weighted by Gasteiger charge is 2.32. The molecule has 3 aromatic rings. The molecule has 0 radical (unpaired) electrons. The zero-order chi connectivity index (χ0) is 22.5. The molecule has 168 valence electrons. The zero-order valence-corrected chi connectivity index (χ0v) is 18.7. The zero-order valence-electron chi connectivity index (χ0n) is 18.7. The van der Waals surface area contributed by atoms with Gasteiger partial charge in [-0.2, -0.15) is 5.10 Å². The lowest BCUT2D eigenvalue weighted by Gasteiger charge is -2.32. The Morgan fingerprint density at radius 3 is 2.64 bits per heavy atom. The SMILES string of the molecule is COc1ccccc1N1CC2=C(COCc3ccccc3)N(Cc3cnccn3)CCC2=N1. The number of nitrogens with zero attached hydrogens (tertiary/aromatic N) is 5. The van der Waals surface area contributed by atoms with Crippen LogP contribution in [0.25, 0.3) is 0 Å². The molecule has 33 heavy (non-hydrogen) atoms. The first-order valence-corrected chi connectivity index (χ1v) is 11.1. The summed E-state index contributed by atoms with van der Waals surface area (Å²) in [6, 6.07) is 18.3. The summed E-state index contributed by atoms with van der Waals surface area (Å²) in [7, 11) is 1.69. The minimum atomic E-state index is 0.517. The van der Waals surface area contributed by atoms with Crippen LogP contribution < -0.4 is 9.75 Å². The van der Waals surface area contributed by atoms with Crippen LogP contribution in [0.15, 0.2) is 89.6 Å². The van der Waals surface area contributed by atoms with Crippen molar-refractivity contribution in [3.63, 3.8) is 0 Å². The lowest BCUT2D eigenvalue weighted by molar-refractivity contribution is 0.118. The number of fused-ring (bicyclic) bond motifs is 1. The highest BCUT2D eigenvalue weighted by atomic mass is 16.5. The molecule has 0 saturated heterocycles. The van der Waals surface area contributed by atoms with Gasteiger partial charge in [0.1, 0.15) is 11.4 Å². The summed E-state index contributed by atoms with van der Waals surface area (Å²) in [6.45, 7) is 3.34. The minimum absolute atomic E-state index is 0.517. The van der Waals surface area contributed by atoms with Gasteiger partial charge in [-0.3, -0.25) is 15.0 Å². The second kappa shape index (κ2) is 9.83. The van der Waals surface area contributed by atoms with Crippen LogP contribution in [0.4, 0.5) is 5.69 Å². The molecular weight excluding hydrogens is 414 g/mol. The molecule has 5 rings (SSSR count). The van der Waals surface area contributed by atoms with E-state index in [4.69, 9.17) is 14.6 Å². The van der Waals surface area contributed by atoms with Gasteiger partial charge in [0.15, 0.2) is 0 Å². The quantitative estimate of drug-likeness (QED) is 0.526. The molecule has 2 aromatic carbocycles. The van der Waals surface area contributed by atoms with Gasteiger partial charge in [0.2, 0.25) is 0 Å². The van der Waals surface area contributed by atoms with Gasteiger partial charge >= 0.3 is 0 Å². The molecule has 0 saturated carbocycles. The lowest BCUT2D eigenvalue weighted by atomic mass is 10.0. The molecule has 7 heteroatoms. The van der Waals surface area contributed by atoms with Crippen molar-refractivity contribution in [3.05, 3.63) is 95.7 Å². The van der Waals surface area contributed by atoms with Gasteiger partial charge in [0, 0.05) is 36.6 Å². The van der Waals surface area contributed by atoms with Gasteiger partial charge < -0.3 is 14.4 Å². The summed E-state index contributed by atoms with van der Waals surface area (Å²) in [5.74, 6) is 0.819. The average Bonchev–Trinajstić information content (AvgIpc) is 3.31. The first-order chi connectivity index (χ1) is 16.3. The Kier molecular flexibility index (Phi) is 6.30. The van der Waals surface area contributed by atoms with E-state index in [1.54, 1.807) is 19.5 Å². The maximum absolute atomic E-state index is 6.19. The van der Waals surface area contributed by atoms with E-state index >= 15 is 0 Å². The number of hydrogen-bond acceptors (Lipinski definition) is 7. The van der Waals surface area contributed by atoms with E-state index in [0.29, 0.717) is 26.3 Å². The third-order valence-electron chi connectivity index (χ3n) is 5.93. The Morgan fingerprint density at radius 1 is 0.970 bits per heavy atom. The van der Waals surface area contributed by atoms with E-state index in [9.17, 15) is 0 Å². The van der Waals surface area contributed by atoms with Crippen molar-refractivity contribution in [1.82, 2.24) is 14.9 Å². The molecule has 0 spiro atoms. The highest BCUT2D eigenvalue weighted by molar-refractivity contribution is 6.05. The number of ether oxygens (including phenoxy) is 2. The van der Waals surface area contributed by atoms with Crippen LogP contribution in [0.5, 0.6) is 5.75 Å². The third kappa shape index (κ3) is 4.73. The fraction of sp³-hybridized carbons (Fsp3) is 0.269. The normalized spacial score (nSPS) is 15.5. The Labute approximate surface area is 194 Å². The highest BCUT2D eigenvalue weighted by Crippen LogP contribution is 2.35. The first kappa shape index (κ1) is 21.2. The predicted octanol–water partition coefficient (Wildman–Crippen LogP) is 4.04. The number of anilines is 1. The number of hydrogen-bond donors (Lipinski definition) is 0. The molecule has 7 nitrogen and oxygen atoms in total. The van der Waals surface area contributed by atoms with E-state index in [0.717, 1.165) is 41.4 Å². The molecule has 0 aliphatic carbocycles. The van der Waals surface area contributed by atoms with Gasteiger partial charge in [0.05, 0.1) is 51.0 Å². The average molecular weight is 442 g/mol. The number of hydrazone groups is 1. The van der Waals surface area contributed by atoms with Gasteiger partial charge in [-0.1, -0.05) is 42.5 Å². The molecule has 3 heterocycles. The van der Waals surface area contributed by atoms with Crippen LogP contribution in [-0.4, -0.2) is 47.4 Å². The maximum atomic E-state index is 6.19. The van der Waals surface area contributed by atoms with Crippen LogP contribution in [0, 0.1) is 0 Å². The standard InChI is InChI=1S/C26H27N5O2/c1-32-26-10-6-5-9-24(26)31-17-22-23(29-31)11-14-30(16-21-15-27-12-13-28-21)25(22)19-33-18-20-7-3-2-4-8-20/h2-10,12-13,15H,11,14,16-19H2,1H3. The maximum Gasteiger partial charge on any atom is 0.144 e. The van der Waals surface area contributed by atoms with E-state index < -0.39 is 0 Å². The number of methoxy groups -OCH3 is 1. The molecular formula is C26H27N5O2. The molecule has 0 fully saturated rings. The minimum Gasteiger partial charge on any atom is -0.495 e. The van der Waals surface area contributed by atoms with Crippen molar-refractivity contribution in [2.45, 2.75) is 19.6 Å². The van der Waals surface area contributed by atoms with Gasteiger partial charge in [0.25, 0.3) is 0 Å². The summed E-state index contributed by atoms with van der Waals surface area (Å²) >= 11 is 0. The molecule has 0 atom stereocenters. The number of rotatable bonds is 8. The van der Waals surface area contributed by atoms with Crippen molar-refractivity contribution in [2.75, 3.05) is 31.8 Å². The number of aromatic nitrogens is 2. The van der Waals surface area contributed by atoms with Crippen LogP contribution in [0.1, 0.15) is 17.7 Å². The van der Waals surface area contributed by atoms with E-state index in [1.165, 1.54) is 11.3 Å². The van der Waals surface area contributed by atoms with Gasteiger partial charge in [-0.15, -0.1) is 0 Å². The molecule has 2 aliphatic rings. The fourth-order valence-electron chi connectivity index (χ4n) is 4.29. The Bertz CT molecular complexity index is 1150. The van der Waals surface area contributed by atoms with Crippen molar-refractivity contribution in [1.29, 1.82) is 0 Å². The molecule has 0 N–H and O–H groups in total. The second-order valence-electron chi connectivity index (χ2n) is 8.05. The van der Waals surface area contributed by atoms with Crippen LogP contribution in [0.3, 0.4) is 0 Å². The van der Waals surface area contributed by atoms with E-state index in [2.05, 4.69) is 27.0 Å². The van der Waals surface area contributed by atoms with E-state index in [1.807, 2.05) is 53.7 Å². The lowest BCUT2D eigenvalue weighted by Crippen LogP contribution is -2.35. The predicted molar refractivity (Wildman–Crippen MR) is 128 cm³/mol. The van der Waals surface area contributed by atoms with Crippen molar-refractivity contribution >= 4 is 11.4 Å². The Morgan fingerprint density at radius 2 is 1.82 bits per heavy atom. The summed E-state index contributed by atoms with van der Waals surface area (Å²) in [4.78, 5) is 11.1. The molecule has 2 aliphatic heterocycles. The van der Waals surface area contributed by atoms with Gasteiger partial charge in [-0.05, 0) is 17.7 Å². The first-order valence-electron chi connectivity index (χ1n) is 11.1. The summed E-state index contributed by atoms with van der Waals surface area (Å²) in [6.07, 6.45) is 6.15. The van der Waals surface area contributed by atoms with Crippen LogP contribution >= 0.6 is 0 Å².